The van der Waals surface area contributed by atoms with Gasteiger partial charge in [-0.05, 0) is 6.92 Å². The van der Waals surface area contributed by atoms with Crippen molar-refractivity contribution < 1.29 is 29.9 Å². The summed E-state index contributed by atoms with van der Waals surface area (Å²) >= 11 is 0. The first-order chi connectivity index (χ1) is 5.70. The number of carbonyl (C=O) groups excluding carboxylic acids is 1. The maximum Gasteiger partial charge on any atom is 0.303 e. The van der Waals surface area contributed by atoms with Gasteiger partial charge in [-0.15, -0.1) is 0 Å². The predicted molar refractivity (Wildman–Crippen MR) is 43.8 cm³/mol. The van der Waals surface area contributed by atoms with E-state index in [1.807, 2.05) is 0 Å². The van der Waals surface area contributed by atoms with Gasteiger partial charge in [-0.25, -0.2) is 9.78 Å². The van der Waals surface area contributed by atoms with Crippen molar-refractivity contribution in [1.82, 2.24) is 0 Å². The lowest BCUT2D eigenvalue weighted by Gasteiger charge is -2.12. The molecule has 6 heteroatoms. The van der Waals surface area contributed by atoms with E-state index in [-0.39, 0.29) is 18.7 Å². The molecule has 0 rings (SSSR count). The van der Waals surface area contributed by atoms with Crippen molar-refractivity contribution in [1.29, 1.82) is 0 Å². The number of aliphatic hydroxyl groups is 1. The predicted octanol–water partition coefficient (Wildman–Crippen LogP) is -0.946. The second-order valence-electron chi connectivity index (χ2n) is 2.11. The third-order valence-corrected chi connectivity index (χ3v) is 0.991. The van der Waals surface area contributed by atoms with E-state index in [0.717, 1.165) is 0 Å². The van der Waals surface area contributed by atoms with Gasteiger partial charge in [0.2, 0.25) is 0 Å². The molecule has 3 N–H and O–H groups in total. The molecule has 13 heavy (non-hydrogen) atoms. The zero-order valence-corrected chi connectivity index (χ0v) is 7.78. The Morgan fingerprint density at radius 3 is 2.46 bits per heavy atom. The molecule has 0 fully saturated rings. The van der Waals surface area contributed by atoms with Gasteiger partial charge in [0.25, 0.3) is 0 Å². The Morgan fingerprint density at radius 2 is 2.08 bits per heavy atom. The molecule has 0 aromatic carbocycles. The minimum absolute atomic E-state index is 0. The maximum atomic E-state index is 10.4. The van der Waals surface area contributed by atoms with Crippen LogP contribution in [0, 0.1) is 0 Å². The van der Waals surface area contributed by atoms with Gasteiger partial charge in [0.15, 0.2) is 6.10 Å². The first-order valence-electron chi connectivity index (χ1n) is 3.73. The van der Waals surface area contributed by atoms with Gasteiger partial charge < -0.3 is 15.3 Å². The molecule has 0 aliphatic heterocycles. The van der Waals surface area contributed by atoms with Crippen molar-refractivity contribution in [2.24, 2.45) is 0 Å². The zero-order chi connectivity index (χ0) is 9.40. The van der Waals surface area contributed by atoms with Crippen LogP contribution in [0.25, 0.3) is 0 Å². The quantitative estimate of drug-likeness (QED) is 0.256. The highest BCUT2D eigenvalue weighted by Crippen LogP contribution is 1.93. The van der Waals surface area contributed by atoms with E-state index >= 15 is 0 Å². The Labute approximate surface area is 76.6 Å². The maximum absolute atomic E-state index is 10.4. The van der Waals surface area contributed by atoms with Crippen LogP contribution in [0.1, 0.15) is 13.8 Å². The monoisotopic (exact) mass is 196 g/mol. The Hall–Kier alpha value is -0.690. The molecule has 0 bridgehead atoms. The van der Waals surface area contributed by atoms with E-state index in [0.29, 0.717) is 6.61 Å². The summed E-state index contributed by atoms with van der Waals surface area (Å²) in [5, 5.41) is 8.66. The molecule has 0 amide bonds. The molecular formula is C7H16O6. The van der Waals surface area contributed by atoms with Crippen LogP contribution in [-0.4, -0.2) is 42.5 Å². The van der Waals surface area contributed by atoms with Crippen LogP contribution in [-0.2, 0) is 19.3 Å². The minimum atomic E-state index is -0.644. The summed E-state index contributed by atoms with van der Waals surface area (Å²) in [5.74, 6) is -0.450. The van der Waals surface area contributed by atoms with E-state index in [9.17, 15) is 4.79 Å². The van der Waals surface area contributed by atoms with Crippen LogP contribution in [0.15, 0.2) is 0 Å². The third kappa shape index (κ3) is 9.22. The molecule has 0 heterocycles. The Morgan fingerprint density at radius 1 is 1.46 bits per heavy atom. The zero-order valence-electron chi connectivity index (χ0n) is 7.78. The first kappa shape index (κ1) is 14.8. The van der Waals surface area contributed by atoms with Crippen LogP contribution >= 0.6 is 0 Å². The van der Waals surface area contributed by atoms with E-state index < -0.39 is 12.1 Å². The normalized spacial score (nSPS) is 11.6. The summed E-state index contributed by atoms with van der Waals surface area (Å²) in [6, 6.07) is 0. The lowest BCUT2D eigenvalue weighted by Crippen LogP contribution is -2.26. The van der Waals surface area contributed by atoms with Gasteiger partial charge in [-0.3, -0.25) is 4.79 Å². The van der Waals surface area contributed by atoms with Gasteiger partial charge in [0, 0.05) is 6.92 Å². The standard InChI is InChI=1S/C7H14O5.H2O/c1-3-10-11-5-7(4-8)12-6(2)9;/h7-8H,3-5H2,1-2H3;1H2. The summed E-state index contributed by atoms with van der Waals surface area (Å²) in [6.07, 6.45) is -0.644. The number of esters is 1. The van der Waals surface area contributed by atoms with Crippen LogP contribution in [0.3, 0.4) is 0 Å². The molecule has 0 saturated heterocycles. The third-order valence-electron chi connectivity index (χ3n) is 0.991. The molecule has 0 radical (unpaired) electrons. The highest BCUT2D eigenvalue weighted by atomic mass is 17.2. The fourth-order valence-corrected chi connectivity index (χ4v) is 0.566. The van der Waals surface area contributed by atoms with Gasteiger partial charge in [0.05, 0.1) is 13.2 Å². The molecule has 0 aliphatic rings. The van der Waals surface area contributed by atoms with Gasteiger partial charge in [0.1, 0.15) is 6.61 Å². The number of hydrogen-bond acceptors (Lipinski definition) is 5. The molecule has 0 aliphatic carbocycles. The molecule has 0 aromatic rings. The molecule has 80 valence electrons. The van der Waals surface area contributed by atoms with Crippen molar-refractivity contribution in [3.8, 4) is 0 Å². The summed E-state index contributed by atoms with van der Waals surface area (Å²) in [7, 11) is 0. The lowest BCUT2D eigenvalue weighted by atomic mass is 10.4. The summed E-state index contributed by atoms with van der Waals surface area (Å²) in [4.78, 5) is 19.6. The van der Waals surface area contributed by atoms with Gasteiger partial charge >= 0.3 is 5.97 Å². The molecule has 0 saturated carbocycles. The Bertz CT molecular complexity index is 126. The Balaban J connectivity index is 0. The molecule has 6 nitrogen and oxygen atoms in total. The smallest absolute Gasteiger partial charge is 0.303 e. The van der Waals surface area contributed by atoms with Crippen LogP contribution in [0.4, 0.5) is 0 Å². The molecule has 0 spiro atoms. The van der Waals surface area contributed by atoms with E-state index in [2.05, 4.69) is 14.5 Å². The van der Waals surface area contributed by atoms with E-state index in [1.54, 1.807) is 6.92 Å². The SMILES string of the molecule is CCOOCC(CO)OC(C)=O.O. The number of ether oxygens (including phenoxy) is 1. The average Bonchev–Trinajstić information content (AvgIpc) is 2.02. The molecule has 0 aromatic heterocycles. The number of rotatable bonds is 6. The first-order valence-corrected chi connectivity index (χ1v) is 3.73. The second kappa shape index (κ2) is 9.40. The molecular weight excluding hydrogens is 180 g/mol. The Kier molecular flexibility index (Phi) is 10.7. The van der Waals surface area contributed by atoms with Crippen LogP contribution in [0.2, 0.25) is 0 Å². The molecule has 1 unspecified atom stereocenters. The average molecular weight is 196 g/mol. The fourth-order valence-electron chi connectivity index (χ4n) is 0.566. The second-order valence-corrected chi connectivity index (χ2v) is 2.11. The van der Waals surface area contributed by atoms with E-state index in [1.165, 1.54) is 6.92 Å². The molecule has 1 atom stereocenters. The van der Waals surface area contributed by atoms with Gasteiger partial charge in [-0.1, -0.05) is 0 Å². The van der Waals surface area contributed by atoms with Crippen molar-refractivity contribution in [2.45, 2.75) is 20.0 Å². The fraction of sp³-hybridized carbons (Fsp3) is 0.857. The van der Waals surface area contributed by atoms with Crippen molar-refractivity contribution in [3.05, 3.63) is 0 Å². The van der Waals surface area contributed by atoms with Gasteiger partial charge in [-0.2, -0.15) is 0 Å². The summed E-state index contributed by atoms with van der Waals surface area (Å²) in [6.45, 7) is 3.22. The van der Waals surface area contributed by atoms with Crippen LogP contribution < -0.4 is 0 Å². The summed E-state index contributed by atoms with van der Waals surface area (Å²) in [5.41, 5.74) is 0. The number of aliphatic hydroxyl groups excluding tert-OH is 1. The van der Waals surface area contributed by atoms with E-state index in [4.69, 9.17) is 5.11 Å². The van der Waals surface area contributed by atoms with Crippen molar-refractivity contribution in [2.75, 3.05) is 19.8 Å². The van der Waals surface area contributed by atoms with Crippen molar-refractivity contribution in [3.63, 3.8) is 0 Å². The number of carbonyl (C=O) groups is 1. The number of hydrogen-bond donors (Lipinski definition) is 1. The topological polar surface area (TPSA) is 96.5 Å². The summed E-state index contributed by atoms with van der Waals surface area (Å²) < 4.78 is 4.65. The highest BCUT2D eigenvalue weighted by molar-refractivity contribution is 5.66. The highest BCUT2D eigenvalue weighted by Gasteiger charge is 2.10. The lowest BCUT2D eigenvalue weighted by molar-refractivity contribution is -0.303. The van der Waals surface area contributed by atoms with Crippen molar-refractivity contribution >= 4 is 5.97 Å². The van der Waals surface area contributed by atoms with Crippen LogP contribution in [0.5, 0.6) is 0 Å². The largest absolute Gasteiger partial charge is 0.458 e. The minimum Gasteiger partial charge on any atom is -0.458 e.